The predicted molar refractivity (Wildman–Crippen MR) is 65.1 cm³/mol. The summed E-state index contributed by atoms with van der Waals surface area (Å²) >= 11 is 0. The van der Waals surface area contributed by atoms with E-state index in [1.54, 1.807) is 18.2 Å². The Morgan fingerprint density at radius 1 is 1.32 bits per heavy atom. The topological polar surface area (TPSA) is 49.4 Å². The molecule has 0 fully saturated rings. The Bertz CT molecular complexity index is 584. The van der Waals surface area contributed by atoms with Crippen molar-refractivity contribution in [2.75, 3.05) is 17.5 Å². The van der Waals surface area contributed by atoms with Gasteiger partial charge in [0.1, 0.15) is 0 Å². The number of fused-ring (bicyclic) bond motifs is 1. The Kier molecular flexibility index (Phi) is 3.48. The lowest BCUT2D eigenvalue weighted by Gasteiger charge is -2.16. The summed E-state index contributed by atoms with van der Waals surface area (Å²) in [4.78, 5) is 1.23. The number of halogens is 3. The molecule has 0 saturated heterocycles. The van der Waals surface area contributed by atoms with Gasteiger partial charge in [0.05, 0.1) is 18.5 Å². The van der Waals surface area contributed by atoms with Crippen LogP contribution in [-0.4, -0.2) is 32.3 Å². The average Bonchev–Trinajstić information content (AvgIpc) is 2.55. The minimum atomic E-state index is -4.26. The number of sulfonamides is 1. The molecule has 0 unspecified atom stereocenters. The lowest BCUT2D eigenvalue weighted by Crippen LogP contribution is -2.30. The minimum absolute atomic E-state index is 0.0908. The molecule has 1 N–H and O–H groups in total. The highest BCUT2D eigenvalue weighted by atomic mass is 32.2. The Morgan fingerprint density at radius 3 is 2.58 bits per heavy atom. The highest BCUT2D eigenvalue weighted by Crippen LogP contribution is 2.31. The smallest absolute Gasteiger partial charge is 0.286 e. The normalized spacial score (nSPS) is 16.4. The van der Waals surface area contributed by atoms with E-state index in [1.807, 2.05) is 0 Å². The van der Waals surface area contributed by atoms with Crippen LogP contribution >= 0.6 is 0 Å². The highest BCUT2D eigenvalue weighted by molar-refractivity contribution is 7.92. The van der Waals surface area contributed by atoms with Crippen molar-refractivity contribution in [1.29, 1.82) is 0 Å². The number of rotatable bonds is 3. The molecule has 1 aromatic carbocycles. The second-order valence-electron chi connectivity index (χ2n) is 4.58. The summed E-state index contributed by atoms with van der Waals surface area (Å²) in [5, 5.41) is 0. The number of benzene rings is 1. The van der Waals surface area contributed by atoms with Gasteiger partial charge in [-0.25, -0.2) is 8.42 Å². The Labute approximate surface area is 109 Å². The molecular formula is C11H13F3N2O2S. The third-order valence-corrected chi connectivity index (χ3v) is 3.34. The quantitative estimate of drug-likeness (QED) is 0.927. The van der Waals surface area contributed by atoms with E-state index < -0.39 is 22.7 Å². The lowest BCUT2D eigenvalue weighted by molar-refractivity contribution is -0.146. The third kappa shape index (κ3) is 3.84. The van der Waals surface area contributed by atoms with Crippen molar-refractivity contribution in [3.05, 3.63) is 29.3 Å². The van der Waals surface area contributed by atoms with Crippen LogP contribution in [0.5, 0.6) is 0 Å². The van der Waals surface area contributed by atoms with E-state index in [0.717, 1.165) is 11.8 Å². The molecule has 106 valence electrons. The van der Waals surface area contributed by atoms with Gasteiger partial charge in [-0.15, -0.1) is 0 Å². The van der Waals surface area contributed by atoms with Crippen LogP contribution in [0.4, 0.5) is 18.9 Å². The molecule has 1 aliphatic heterocycles. The largest absolute Gasteiger partial charge is 0.401 e. The second kappa shape index (κ2) is 4.68. The van der Waals surface area contributed by atoms with E-state index in [4.69, 9.17) is 0 Å². The number of nitrogens with one attached hydrogen (secondary N) is 1. The Hall–Kier alpha value is -1.28. The first-order valence-corrected chi connectivity index (χ1v) is 7.41. The molecule has 0 saturated carbocycles. The van der Waals surface area contributed by atoms with Crippen molar-refractivity contribution in [2.45, 2.75) is 19.3 Å². The first kappa shape index (κ1) is 14.1. The first-order valence-electron chi connectivity index (χ1n) is 5.52. The molecule has 0 aliphatic carbocycles. The van der Waals surface area contributed by atoms with Crippen LogP contribution in [0.15, 0.2) is 18.2 Å². The molecule has 1 heterocycles. The van der Waals surface area contributed by atoms with Crippen molar-refractivity contribution in [1.82, 2.24) is 4.90 Å². The van der Waals surface area contributed by atoms with Crippen LogP contribution < -0.4 is 4.72 Å². The number of alkyl halides is 3. The number of hydrogen-bond acceptors (Lipinski definition) is 3. The molecule has 0 radical (unpaired) electrons. The Morgan fingerprint density at radius 2 is 2.00 bits per heavy atom. The van der Waals surface area contributed by atoms with Crippen LogP contribution in [-0.2, 0) is 23.1 Å². The van der Waals surface area contributed by atoms with Gasteiger partial charge in [-0.1, -0.05) is 12.1 Å². The molecule has 0 spiro atoms. The molecule has 0 aromatic heterocycles. The molecular weight excluding hydrogens is 281 g/mol. The molecule has 0 amide bonds. The van der Waals surface area contributed by atoms with E-state index in [9.17, 15) is 21.6 Å². The fourth-order valence-corrected chi connectivity index (χ4v) is 2.74. The molecule has 0 atom stereocenters. The van der Waals surface area contributed by atoms with Gasteiger partial charge in [0.2, 0.25) is 10.0 Å². The third-order valence-electron chi connectivity index (χ3n) is 2.75. The van der Waals surface area contributed by atoms with Gasteiger partial charge in [0.25, 0.3) is 0 Å². The van der Waals surface area contributed by atoms with Crippen molar-refractivity contribution < 1.29 is 21.6 Å². The minimum Gasteiger partial charge on any atom is -0.286 e. The summed E-state index contributed by atoms with van der Waals surface area (Å²) in [5.41, 5.74) is 1.68. The molecule has 4 nitrogen and oxygen atoms in total. The number of hydrogen-bond donors (Lipinski definition) is 1. The van der Waals surface area contributed by atoms with Crippen molar-refractivity contribution in [3.8, 4) is 0 Å². The average molecular weight is 294 g/mol. The molecule has 1 aliphatic rings. The van der Waals surface area contributed by atoms with E-state index in [2.05, 4.69) is 4.72 Å². The summed E-state index contributed by atoms with van der Waals surface area (Å²) in [6.45, 7) is -0.734. The second-order valence-corrected chi connectivity index (χ2v) is 6.33. The standard InChI is InChI=1S/C11H13F3N2O2S/c1-19(17,18)15-10-4-2-3-8-5-16(6-9(8)10)7-11(12,13)14/h2-4,15H,5-7H2,1H3. The number of nitrogens with zero attached hydrogens (tertiary/aromatic N) is 1. The summed E-state index contributed by atoms with van der Waals surface area (Å²) < 4.78 is 61.8. The van der Waals surface area contributed by atoms with E-state index >= 15 is 0 Å². The summed E-state index contributed by atoms with van der Waals surface area (Å²) in [6.07, 6.45) is -3.25. The van der Waals surface area contributed by atoms with Crippen molar-refractivity contribution in [2.24, 2.45) is 0 Å². The Balaban J connectivity index is 2.21. The fraction of sp³-hybridized carbons (Fsp3) is 0.455. The van der Waals surface area contributed by atoms with Gasteiger partial charge in [-0.3, -0.25) is 9.62 Å². The zero-order valence-electron chi connectivity index (χ0n) is 10.2. The van der Waals surface area contributed by atoms with Crippen molar-refractivity contribution >= 4 is 15.7 Å². The summed E-state index contributed by atoms with van der Waals surface area (Å²) in [7, 11) is -3.44. The van der Waals surface area contributed by atoms with Gasteiger partial charge in [-0.2, -0.15) is 13.2 Å². The predicted octanol–water partition coefficient (Wildman–Crippen LogP) is 1.94. The maximum atomic E-state index is 12.3. The van der Waals surface area contributed by atoms with Gasteiger partial charge < -0.3 is 0 Å². The molecule has 1 aromatic rings. The molecule has 0 bridgehead atoms. The molecule has 8 heteroatoms. The van der Waals surface area contributed by atoms with E-state index in [0.29, 0.717) is 11.3 Å². The van der Waals surface area contributed by atoms with Crippen molar-refractivity contribution in [3.63, 3.8) is 0 Å². The molecule has 2 rings (SSSR count). The fourth-order valence-electron chi connectivity index (χ4n) is 2.15. The number of anilines is 1. The lowest BCUT2D eigenvalue weighted by atomic mass is 10.1. The van der Waals surface area contributed by atoms with Gasteiger partial charge in [0.15, 0.2) is 0 Å². The van der Waals surface area contributed by atoms with Gasteiger partial charge in [-0.05, 0) is 17.2 Å². The van der Waals surface area contributed by atoms with Gasteiger partial charge in [0, 0.05) is 13.1 Å². The van der Waals surface area contributed by atoms with Crippen LogP contribution in [0.25, 0.3) is 0 Å². The zero-order chi connectivity index (χ0) is 14.3. The first-order chi connectivity index (χ1) is 8.64. The van der Waals surface area contributed by atoms with E-state index in [1.165, 1.54) is 4.90 Å². The zero-order valence-corrected chi connectivity index (χ0v) is 11.0. The highest BCUT2D eigenvalue weighted by Gasteiger charge is 2.34. The van der Waals surface area contributed by atoms with E-state index in [-0.39, 0.29) is 13.1 Å². The van der Waals surface area contributed by atoms with Crippen LogP contribution in [0.2, 0.25) is 0 Å². The maximum absolute atomic E-state index is 12.3. The SMILES string of the molecule is CS(=O)(=O)Nc1cccc2c1CN(CC(F)(F)F)C2. The van der Waals surface area contributed by atoms with Crippen LogP contribution in [0, 0.1) is 0 Å². The van der Waals surface area contributed by atoms with Crippen LogP contribution in [0.3, 0.4) is 0 Å². The summed E-state index contributed by atoms with van der Waals surface area (Å²) in [6, 6.07) is 4.89. The summed E-state index contributed by atoms with van der Waals surface area (Å²) in [5.74, 6) is 0. The maximum Gasteiger partial charge on any atom is 0.401 e. The van der Waals surface area contributed by atoms with Crippen LogP contribution in [0.1, 0.15) is 11.1 Å². The molecule has 19 heavy (non-hydrogen) atoms. The van der Waals surface area contributed by atoms with Gasteiger partial charge >= 0.3 is 6.18 Å². The monoisotopic (exact) mass is 294 g/mol.